The van der Waals surface area contributed by atoms with E-state index in [0.29, 0.717) is 5.92 Å². The van der Waals surface area contributed by atoms with E-state index in [0.717, 1.165) is 29.9 Å². The van der Waals surface area contributed by atoms with Crippen molar-refractivity contribution in [3.63, 3.8) is 0 Å². The van der Waals surface area contributed by atoms with Gasteiger partial charge in [-0.1, -0.05) is 28.1 Å². The molecule has 1 atom stereocenters. The van der Waals surface area contributed by atoms with Crippen LogP contribution in [-0.2, 0) is 19.9 Å². The fourth-order valence-corrected chi connectivity index (χ4v) is 3.15. The molecular weight excluding hydrogens is 326 g/mol. The number of hydrogen-bond acceptors (Lipinski definition) is 2. The number of aryl methyl sites for hydroxylation is 1. The topological polar surface area (TPSA) is 29.9 Å². The number of nitrogens with zero attached hydrogens (tertiary/aromatic N) is 2. The maximum atomic E-state index is 4.53. The number of aromatic nitrogens is 2. The summed E-state index contributed by atoms with van der Waals surface area (Å²) in [5, 5.41) is 8.20. The summed E-state index contributed by atoms with van der Waals surface area (Å²) in [5.41, 5.74) is 2.58. The SMILES string of the molecule is Cn1ccc(CC(CNC2CC2)Cc2cccc(Br)c2)n1. The van der Waals surface area contributed by atoms with Crippen molar-refractivity contribution < 1.29 is 0 Å². The standard InChI is InChI=1S/C17H22BrN3/c1-21-8-7-17(20-21)11-14(12-19-16-5-6-16)9-13-3-2-4-15(18)10-13/h2-4,7-8,10,14,16,19H,5-6,9,11-12H2,1H3. The molecule has 21 heavy (non-hydrogen) atoms. The number of nitrogens with one attached hydrogen (secondary N) is 1. The van der Waals surface area contributed by atoms with Crippen molar-refractivity contribution in [1.82, 2.24) is 15.1 Å². The predicted molar refractivity (Wildman–Crippen MR) is 89.3 cm³/mol. The molecule has 0 bridgehead atoms. The van der Waals surface area contributed by atoms with Gasteiger partial charge in [0.15, 0.2) is 0 Å². The van der Waals surface area contributed by atoms with E-state index in [1.54, 1.807) is 0 Å². The van der Waals surface area contributed by atoms with Crippen LogP contribution in [0.15, 0.2) is 41.0 Å². The Hall–Kier alpha value is -1.13. The van der Waals surface area contributed by atoms with Gasteiger partial charge in [0.1, 0.15) is 0 Å². The lowest BCUT2D eigenvalue weighted by Gasteiger charge is -2.17. The average molecular weight is 348 g/mol. The van der Waals surface area contributed by atoms with E-state index in [-0.39, 0.29) is 0 Å². The summed E-state index contributed by atoms with van der Waals surface area (Å²) in [7, 11) is 1.98. The summed E-state index contributed by atoms with van der Waals surface area (Å²) in [6, 6.07) is 11.5. The van der Waals surface area contributed by atoms with Crippen LogP contribution in [0.25, 0.3) is 0 Å². The van der Waals surface area contributed by atoms with Gasteiger partial charge in [0, 0.05) is 23.8 Å². The van der Waals surface area contributed by atoms with E-state index in [2.05, 4.69) is 56.7 Å². The smallest absolute Gasteiger partial charge is 0.0627 e. The summed E-state index contributed by atoms with van der Waals surface area (Å²) >= 11 is 3.56. The molecule has 2 aromatic rings. The van der Waals surface area contributed by atoms with Crippen LogP contribution in [-0.4, -0.2) is 22.4 Å². The summed E-state index contributed by atoms with van der Waals surface area (Å²) in [6.45, 7) is 1.08. The van der Waals surface area contributed by atoms with Gasteiger partial charge in [0.2, 0.25) is 0 Å². The molecule has 1 aliphatic carbocycles. The molecular formula is C17H22BrN3. The lowest BCUT2D eigenvalue weighted by atomic mass is 9.94. The fourth-order valence-electron chi connectivity index (χ4n) is 2.70. The molecule has 3 nitrogen and oxygen atoms in total. The molecule has 1 saturated carbocycles. The van der Waals surface area contributed by atoms with Gasteiger partial charge in [0.05, 0.1) is 5.69 Å². The second-order valence-electron chi connectivity index (χ2n) is 6.07. The summed E-state index contributed by atoms with van der Waals surface area (Å²) in [5.74, 6) is 0.592. The zero-order valence-electron chi connectivity index (χ0n) is 12.4. The Balaban J connectivity index is 1.65. The Morgan fingerprint density at radius 1 is 1.33 bits per heavy atom. The van der Waals surface area contributed by atoms with E-state index in [9.17, 15) is 0 Å². The summed E-state index contributed by atoms with van der Waals surface area (Å²) < 4.78 is 3.05. The molecule has 112 valence electrons. The lowest BCUT2D eigenvalue weighted by Crippen LogP contribution is -2.27. The molecule has 1 N–H and O–H groups in total. The minimum absolute atomic E-state index is 0.592. The molecule has 4 heteroatoms. The Morgan fingerprint density at radius 3 is 2.86 bits per heavy atom. The molecule has 0 amide bonds. The first kappa shape index (κ1) is 14.8. The molecule has 0 saturated heterocycles. The first-order valence-corrected chi connectivity index (χ1v) is 8.44. The van der Waals surface area contributed by atoms with Gasteiger partial charge in [-0.3, -0.25) is 4.68 Å². The Labute approximate surface area is 134 Å². The van der Waals surface area contributed by atoms with Crippen molar-refractivity contribution in [1.29, 1.82) is 0 Å². The van der Waals surface area contributed by atoms with Gasteiger partial charge in [0.25, 0.3) is 0 Å². The van der Waals surface area contributed by atoms with Gasteiger partial charge in [-0.05, 0) is 61.9 Å². The third-order valence-electron chi connectivity index (χ3n) is 3.95. The molecule has 0 spiro atoms. The third kappa shape index (κ3) is 4.68. The zero-order valence-corrected chi connectivity index (χ0v) is 14.0. The molecule has 1 fully saturated rings. The molecule has 1 heterocycles. The van der Waals surface area contributed by atoms with E-state index in [1.807, 2.05) is 17.9 Å². The predicted octanol–water partition coefficient (Wildman–Crippen LogP) is 3.34. The number of rotatable bonds is 7. The van der Waals surface area contributed by atoms with Crippen molar-refractivity contribution >= 4 is 15.9 Å². The van der Waals surface area contributed by atoms with Crippen LogP contribution < -0.4 is 5.32 Å². The zero-order chi connectivity index (χ0) is 14.7. The number of hydrogen-bond donors (Lipinski definition) is 1. The molecule has 3 rings (SSSR count). The average Bonchev–Trinajstić information content (AvgIpc) is 3.19. The number of benzene rings is 1. The van der Waals surface area contributed by atoms with Crippen molar-refractivity contribution in [3.05, 3.63) is 52.3 Å². The Morgan fingerprint density at radius 2 is 2.19 bits per heavy atom. The summed E-state index contributed by atoms with van der Waals surface area (Å²) in [4.78, 5) is 0. The van der Waals surface area contributed by atoms with E-state index in [1.165, 1.54) is 24.1 Å². The lowest BCUT2D eigenvalue weighted by molar-refractivity contribution is 0.462. The second-order valence-corrected chi connectivity index (χ2v) is 6.98. The van der Waals surface area contributed by atoms with Crippen LogP contribution in [0.2, 0.25) is 0 Å². The van der Waals surface area contributed by atoms with Gasteiger partial charge >= 0.3 is 0 Å². The molecule has 0 radical (unpaired) electrons. The molecule has 1 aromatic heterocycles. The van der Waals surface area contributed by atoms with Gasteiger partial charge < -0.3 is 5.32 Å². The van der Waals surface area contributed by atoms with Gasteiger partial charge in [-0.2, -0.15) is 5.10 Å². The van der Waals surface area contributed by atoms with Crippen LogP contribution in [0.5, 0.6) is 0 Å². The fraction of sp³-hybridized carbons (Fsp3) is 0.471. The van der Waals surface area contributed by atoms with Crippen LogP contribution >= 0.6 is 15.9 Å². The highest BCUT2D eigenvalue weighted by molar-refractivity contribution is 9.10. The van der Waals surface area contributed by atoms with Crippen LogP contribution in [0, 0.1) is 5.92 Å². The van der Waals surface area contributed by atoms with Crippen LogP contribution in [0.3, 0.4) is 0 Å². The van der Waals surface area contributed by atoms with Crippen LogP contribution in [0.1, 0.15) is 24.1 Å². The first-order chi connectivity index (χ1) is 10.2. The van der Waals surface area contributed by atoms with E-state index in [4.69, 9.17) is 0 Å². The Kier molecular flexibility index (Phi) is 4.76. The molecule has 1 aromatic carbocycles. The van der Waals surface area contributed by atoms with Crippen molar-refractivity contribution in [2.24, 2.45) is 13.0 Å². The highest BCUT2D eigenvalue weighted by Gasteiger charge is 2.22. The second kappa shape index (κ2) is 6.75. The molecule has 0 aliphatic heterocycles. The van der Waals surface area contributed by atoms with Crippen molar-refractivity contribution in [2.45, 2.75) is 31.7 Å². The van der Waals surface area contributed by atoms with Gasteiger partial charge in [-0.15, -0.1) is 0 Å². The van der Waals surface area contributed by atoms with Gasteiger partial charge in [-0.25, -0.2) is 0 Å². The number of halogens is 1. The van der Waals surface area contributed by atoms with Crippen molar-refractivity contribution in [3.8, 4) is 0 Å². The maximum absolute atomic E-state index is 4.53. The largest absolute Gasteiger partial charge is 0.314 e. The van der Waals surface area contributed by atoms with E-state index >= 15 is 0 Å². The van der Waals surface area contributed by atoms with Crippen molar-refractivity contribution in [2.75, 3.05) is 6.54 Å². The maximum Gasteiger partial charge on any atom is 0.0627 e. The summed E-state index contributed by atoms with van der Waals surface area (Å²) in [6.07, 6.45) is 6.84. The highest BCUT2D eigenvalue weighted by atomic mass is 79.9. The minimum atomic E-state index is 0.592. The third-order valence-corrected chi connectivity index (χ3v) is 4.45. The van der Waals surface area contributed by atoms with E-state index < -0.39 is 0 Å². The Bertz CT molecular complexity index is 589. The van der Waals surface area contributed by atoms with Crippen LogP contribution in [0.4, 0.5) is 0 Å². The highest BCUT2D eigenvalue weighted by Crippen LogP contribution is 2.21. The minimum Gasteiger partial charge on any atom is -0.314 e. The molecule has 1 aliphatic rings. The molecule has 1 unspecified atom stereocenters. The monoisotopic (exact) mass is 347 g/mol. The first-order valence-electron chi connectivity index (χ1n) is 7.65. The quantitative estimate of drug-likeness (QED) is 0.832. The normalized spacial score (nSPS) is 16.1.